The fourth-order valence-electron chi connectivity index (χ4n) is 1.43. The van der Waals surface area contributed by atoms with Gasteiger partial charge >= 0.3 is 11.8 Å². The van der Waals surface area contributed by atoms with Crippen molar-refractivity contribution in [1.29, 1.82) is 0 Å². The van der Waals surface area contributed by atoms with Gasteiger partial charge in [0.25, 0.3) is 5.91 Å². The molecule has 3 amide bonds. The summed E-state index contributed by atoms with van der Waals surface area (Å²) in [6.45, 7) is 0. The van der Waals surface area contributed by atoms with Gasteiger partial charge in [-0.3, -0.25) is 25.2 Å². The molecule has 104 valence electrons. The fourth-order valence-corrected chi connectivity index (χ4v) is 1.43. The van der Waals surface area contributed by atoms with Gasteiger partial charge in [0.15, 0.2) is 0 Å². The van der Waals surface area contributed by atoms with Crippen LogP contribution in [0.25, 0.3) is 6.08 Å². The Bertz CT molecular complexity index is 536. The topological polar surface area (TPSA) is 87.3 Å². The SMILES string of the molecule is O=C(/C=C/c1ccccc1)NNC(=O)C(=O)NC1CC1. The van der Waals surface area contributed by atoms with Crippen LogP contribution in [-0.2, 0) is 14.4 Å². The highest BCUT2D eigenvalue weighted by Gasteiger charge is 2.26. The van der Waals surface area contributed by atoms with E-state index in [0.29, 0.717) is 0 Å². The molecule has 0 radical (unpaired) electrons. The van der Waals surface area contributed by atoms with Crippen molar-refractivity contribution < 1.29 is 14.4 Å². The molecule has 0 unspecified atom stereocenters. The number of carbonyl (C=O) groups excluding carboxylic acids is 3. The van der Waals surface area contributed by atoms with Gasteiger partial charge in [-0.05, 0) is 24.5 Å². The Hall–Kier alpha value is -2.63. The van der Waals surface area contributed by atoms with E-state index in [2.05, 4.69) is 10.7 Å². The van der Waals surface area contributed by atoms with E-state index in [9.17, 15) is 14.4 Å². The largest absolute Gasteiger partial charge is 0.345 e. The van der Waals surface area contributed by atoms with Gasteiger partial charge in [0.1, 0.15) is 0 Å². The van der Waals surface area contributed by atoms with Crippen molar-refractivity contribution in [2.45, 2.75) is 18.9 Å². The summed E-state index contributed by atoms with van der Waals surface area (Å²) in [7, 11) is 0. The first kappa shape index (κ1) is 13.8. The lowest BCUT2D eigenvalue weighted by molar-refractivity contribution is -0.140. The summed E-state index contributed by atoms with van der Waals surface area (Å²) in [5.74, 6) is -2.13. The second-order valence-electron chi connectivity index (χ2n) is 4.44. The Morgan fingerprint density at radius 2 is 1.70 bits per heavy atom. The lowest BCUT2D eigenvalue weighted by atomic mass is 10.2. The van der Waals surface area contributed by atoms with Crippen LogP contribution in [0.4, 0.5) is 0 Å². The Kier molecular flexibility index (Phi) is 4.49. The quantitative estimate of drug-likeness (QED) is 0.415. The van der Waals surface area contributed by atoms with Crippen LogP contribution in [0.2, 0.25) is 0 Å². The van der Waals surface area contributed by atoms with E-state index in [1.165, 1.54) is 6.08 Å². The van der Waals surface area contributed by atoms with Crippen LogP contribution in [0.5, 0.6) is 0 Å². The monoisotopic (exact) mass is 273 g/mol. The number of carbonyl (C=O) groups is 3. The first-order valence-electron chi connectivity index (χ1n) is 6.29. The molecule has 1 aliphatic carbocycles. The molecule has 0 heterocycles. The lowest BCUT2D eigenvalue weighted by Crippen LogP contribution is -2.48. The molecule has 3 N–H and O–H groups in total. The molecule has 1 aromatic carbocycles. The summed E-state index contributed by atoms with van der Waals surface area (Å²) >= 11 is 0. The predicted molar refractivity (Wildman–Crippen MR) is 72.9 cm³/mol. The summed E-state index contributed by atoms with van der Waals surface area (Å²) in [5, 5.41) is 2.51. The third-order valence-electron chi connectivity index (χ3n) is 2.64. The zero-order valence-electron chi connectivity index (χ0n) is 10.8. The van der Waals surface area contributed by atoms with Gasteiger partial charge in [0.05, 0.1) is 0 Å². The molecule has 0 aromatic heterocycles. The first-order chi connectivity index (χ1) is 9.65. The van der Waals surface area contributed by atoms with Gasteiger partial charge in [0, 0.05) is 12.1 Å². The zero-order chi connectivity index (χ0) is 14.4. The maximum atomic E-state index is 11.4. The molecular formula is C14H15N3O3. The van der Waals surface area contributed by atoms with E-state index in [0.717, 1.165) is 18.4 Å². The lowest BCUT2D eigenvalue weighted by Gasteiger charge is -2.05. The van der Waals surface area contributed by atoms with Crippen molar-refractivity contribution >= 4 is 23.8 Å². The number of hydrogen-bond donors (Lipinski definition) is 3. The van der Waals surface area contributed by atoms with Gasteiger partial charge < -0.3 is 5.32 Å². The standard InChI is InChI=1S/C14H15N3O3/c18-12(9-6-10-4-2-1-3-5-10)16-17-14(20)13(19)15-11-7-8-11/h1-6,9,11H,7-8H2,(H,15,19)(H,16,18)(H,17,20)/b9-6+. The van der Waals surface area contributed by atoms with Crippen LogP contribution in [0.3, 0.4) is 0 Å². The third-order valence-corrected chi connectivity index (χ3v) is 2.64. The van der Waals surface area contributed by atoms with Crippen molar-refractivity contribution in [3.05, 3.63) is 42.0 Å². The number of amides is 3. The molecule has 6 nitrogen and oxygen atoms in total. The van der Waals surface area contributed by atoms with Crippen molar-refractivity contribution in [3.63, 3.8) is 0 Å². The van der Waals surface area contributed by atoms with E-state index < -0.39 is 17.7 Å². The number of rotatable bonds is 3. The maximum Gasteiger partial charge on any atom is 0.327 e. The molecule has 6 heteroatoms. The number of nitrogens with one attached hydrogen (secondary N) is 3. The summed E-state index contributed by atoms with van der Waals surface area (Å²) < 4.78 is 0. The molecule has 0 bridgehead atoms. The highest BCUT2D eigenvalue weighted by Crippen LogP contribution is 2.18. The smallest absolute Gasteiger partial charge is 0.327 e. The fraction of sp³-hybridized carbons (Fsp3) is 0.214. The van der Waals surface area contributed by atoms with Gasteiger partial charge in [0.2, 0.25) is 0 Å². The molecule has 0 atom stereocenters. The van der Waals surface area contributed by atoms with Gasteiger partial charge in [-0.25, -0.2) is 0 Å². The zero-order valence-corrected chi connectivity index (χ0v) is 10.8. The number of hydrazine groups is 1. The van der Waals surface area contributed by atoms with E-state index in [4.69, 9.17) is 0 Å². The average Bonchev–Trinajstić information content (AvgIpc) is 3.27. The van der Waals surface area contributed by atoms with Crippen LogP contribution in [0.15, 0.2) is 36.4 Å². The highest BCUT2D eigenvalue weighted by atomic mass is 16.2. The Morgan fingerprint density at radius 3 is 2.35 bits per heavy atom. The highest BCUT2D eigenvalue weighted by molar-refractivity contribution is 6.35. The molecule has 20 heavy (non-hydrogen) atoms. The minimum Gasteiger partial charge on any atom is -0.345 e. The van der Waals surface area contributed by atoms with Gasteiger partial charge in [-0.2, -0.15) is 0 Å². The Labute approximate surface area is 116 Å². The summed E-state index contributed by atoms with van der Waals surface area (Å²) in [6, 6.07) is 9.35. The van der Waals surface area contributed by atoms with Crippen molar-refractivity contribution in [1.82, 2.24) is 16.2 Å². The molecule has 0 aliphatic heterocycles. The second-order valence-corrected chi connectivity index (χ2v) is 4.44. The average molecular weight is 273 g/mol. The van der Waals surface area contributed by atoms with Crippen LogP contribution in [0, 0.1) is 0 Å². The maximum absolute atomic E-state index is 11.4. The second kappa shape index (κ2) is 6.51. The van der Waals surface area contributed by atoms with E-state index >= 15 is 0 Å². The summed E-state index contributed by atoms with van der Waals surface area (Å²) in [5.41, 5.74) is 5.05. The van der Waals surface area contributed by atoms with Gasteiger partial charge in [-0.1, -0.05) is 30.3 Å². The molecule has 1 aliphatic rings. The first-order valence-corrected chi connectivity index (χ1v) is 6.29. The molecule has 0 spiro atoms. The minimum absolute atomic E-state index is 0.0990. The Balaban J connectivity index is 1.73. The van der Waals surface area contributed by atoms with Crippen molar-refractivity contribution in [3.8, 4) is 0 Å². The van der Waals surface area contributed by atoms with E-state index in [-0.39, 0.29) is 6.04 Å². The van der Waals surface area contributed by atoms with E-state index in [1.807, 2.05) is 35.8 Å². The summed E-state index contributed by atoms with van der Waals surface area (Å²) in [4.78, 5) is 34.0. The van der Waals surface area contributed by atoms with Crippen LogP contribution in [-0.4, -0.2) is 23.8 Å². The van der Waals surface area contributed by atoms with E-state index in [1.54, 1.807) is 6.08 Å². The molecule has 0 saturated heterocycles. The minimum atomic E-state index is -0.877. The van der Waals surface area contributed by atoms with Crippen LogP contribution < -0.4 is 16.2 Å². The molecule has 1 aromatic rings. The van der Waals surface area contributed by atoms with Crippen LogP contribution >= 0.6 is 0 Å². The van der Waals surface area contributed by atoms with Crippen molar-refractivity contribution in [2.75, 3.05) is 0 Å². The summed E-state index contributed by atoms with van der Waals surface area (Å²) in [6.07, 6.45) is 4.66. The molecule has 1 saturated carbocycles. The molecular weight excluding hydrogens is 258 g/mol. The van der Waals surface area contributed by atoms with Crippen LogP contribution in [0.1, 0.15) is 18.4 Å². The number of hydrogen-bond acceptors (Lipinski definition) is 3. The molecule has 1 fully saturated rings. The normalized spacial score (nSPS) is 13.8. The van der Waals surface area contributed by atoms with Gasteiger partial charge in [-0.15, -0.1) is 0 Å². The molecule has 2 rings (SSSR count). The van der Waals surface area contributed by atoms with Crippen molar-refractivity contribution in [2.24, 2.45) is 0 Å². The number of benzene rings is 1. The Morgan fingerprint density at radius 1 is 1.00 bits per heavy atom. The predicted octanol–water partition coefficient (Wildman–Crippen LogP) is 0.126. The third kappa shape index (κ3) is 4.56.